The zero-order chi connectivity index (χ0) is 90.0. The monoisotopic (exact) mass is 1950 g/mol. The van der Waals surface area contributed by atoms with Gasteiger partial charge in [-0.25, -0.2) is 4.98 Å². The van der Waals surface area contributed by atoms with E-state index in [0.717, 1.165) is 44.3 Å². The molecule has 2 aromatic heterocycles. The Kier molecular flexibility index (Phi) is 35.2. The summed E-state index contributed by atoms with van der Waals surface area (Å²) >= 11 is 3.20. The molecule has 13 heteroatoms. The number of hydrogen-bond donors (Lipinski definition) is 0. The molecule has 0 saturated carbocycles. The molecule has 5 heterocycles. The van der Waals surface area contributed by atoms with E-state index >= 15 is 0 Å². The van der Waals surface area contributed by atoms with E-state index in [9.17, 15) is 0 Å². The average molecular weight is 1950 g/mol. The molecule has 0 atom stereocenters. The van der Waals surface area contributed by atoms with Crippen molar-refractivity contribution in [2.45, 2.75) is 84.8 Å². The van der Waals surface area contributed by atoms with Gasteiger partial charge in [0.1, 0.15) is 27.6 Å². The molecule has 0 spiro atoms. The molecule has 0 N–H and O–H groups in total. The first-order valence-electron chi connectivity index (χ1n) is 44.0. The van der Waals surface area contributed by atoms with E-state index in [2.05, 4.69) is 494 Å². The normalized spacial score (nSPS) is 13.2. The van der Waals surface area contributed by atoms with Gasteiger partial charge in [-0.15, -0.1) is 0 Å². The van der Waals surface area contributed by atoms with Crippen molar-refractivity contribution in [3.05, 3.63) is 525 Å². The first-order chi connectivity index (χ1) is 63.5. The SMILES string of the molecule is Brc1ccccn1.C.CC1(C)c2ccccc2Oc2ccc(-c3ccccn3)cc21.CC1(C)c2ccccc2Oc2ccc(B3OC(C)(C)C(C)(C)O3)cc21.[Pd].c1ccc(P(c2ccccc2)c2ccccc2)cc1.c1ccc(P(c2ccccc2)c2ccccc2)cc1.c1ccc(P(c2ccccc2)c2ccccc2)cc1.c1ccc(P(c2ccccc2)c2ccccc2)cc1. The van der Waals surface area contributed by atoms with Gasteiger partial charge in [0, 0.05) is 71.5 Å². The van der Waals surface area contributed by atoms with Gasteiger partial charge >= 0.3 is 7.12 Å². The summed E-state index contributed by atoms with van der Waals surface area (Å²) in [5, 5.41) is 16.8. The fraction of sp³-hybridized carbons (Fsp3) is 0.109. The van der Waals surface area contributed by atoms with E-state index < -0.39 is 31.7 Å². The third-order valence-corrected chi connectivity index (χ3v) is 33.4. The molecule has 6 nitrogen and oxygen atoms in total. The number of halogens is 1. The second-order valence-electron chi connectivity index (χ2n) is 33.2. The maximum atomic E-state index is 6.22. The molecule has 0 amide bonds. The van der Waals surface area contributed by atoms with Crippen LogP contribution < -0.4 is 78.6 Å². The molecule has 21 rings (SSSR count). The first-order valence-corrected chi connectivity index (χ1v) is 50.1. The summed E-state index contributed by atoms with van der Waals surface area (Å²) in [6.07, 6.45) is 3.57. The second-order valence-corrected chi connectivity index (χ2v) is 42.9. The number of ether oxygens (including phenoxy) is 2. The Balaban J connectivity index is 0.000000133. The maximum absolute atomic E-state index is 6.22. The minimum atomic E-state index is -0.446. The fourth-order valence-corrected chi connectivity index (χ4v) is 25.3. The van der Waals surface area contributed by atoms with Crippen molar-refractivity contribution in [2.24, 2.45) is 0 Å². The average Bonchev–Trinajstić information content (AvgIpc) is 0.822. The predicted molar refractivity (Wildman–Crippen MR) is 568 cm³/mol. The summed E-state index contributed by atoms with van der Waals surface area (Å²) < 4.78 is 25.5. The third kappa shape index (κ3) is 25.0. The number of aromatic nitrogens is 2. The summed E-state index contributed by atoms with van der Waals surface area (Å²) in [4.78, 5) is 8.34. The van der Waals surface area contributed by atoms with E-state index in [0.29, 0.717) is 0 Å². The maximum Gasteiger partial charge on any atom is 0.494 e. The van der Waals surface area contributed by atoms with Gasteiger partial charge in [0.2, 0.25) is 0 Å². The number of pyridine rings is 2. The van der Waals surface area contributed by atoms with E-state index in [1.54, 1.807) is 6.20 Å². The van der Waals surface area contributed by atoms with E-state index in [1.165, 1.54) is 85.9 Å². The van der Waals surface area contributed by atoms with Crippen molar-refractivity contribution in [3.8, 4) is 34.3 Å². The van der Waals surface area contributed by atoms with Crippen LogP contribution in [0.4, 0.5) is 0 Å². The van der Waals surface area contributed by atoms with Crippen LogP contribution in [0, 0.1) is 0 Å². The van der Waals surface area contributed by atoms with Gasteiger partial charge in [0.05, 0.1) is 16.9 Å². The van der Waals surface area contributed by atoms with Crippen molar-refractivity contribution in [1.82, 2.24) is 9.97 Å². The Bertz CT molecular complexity index is 5630. The molecule has 0 unspecified atom stereocenters. The summed E-state index contributed by atoms with van der Waals surface area (Å²) in [5.74, 6) is 3.72. The van der Waals surface area contributed by atoms with Crippen molar-refractivity contribution in [1.29, 1.82) is 0 Å². The molecule has 660 valence electrons. The predicted octanol–water partition coefficient (Wildman–Crippen LogP) is 25.9. The van der Waals surface area contributed by atoms with E-state index in [-0.39, 0.29) is 57.0 Å². The molecular weight excluding hydrogens is 1840 g/mol. The number of fused-ring (bicyclic) bond motifs is 4. The third-order valence-electron chi connectivity index (χ3n) is 23.2. The number of para-hydroxylation sites is 2. The van der Waals surface area contributed by atoms with Crippen LogP contribution in [0.25, 0.3) is 11.3 Å². The molecule has 132 heavy (non-hydrogen) atoms. The van der Waals surface area contributed by atoms with Gasteiger partial charge in [-0.3, -0.25) is 4.98 Å². The van der Waals surface area contributed by atoms with E-state index in [4.69, 9.17) is 18.8 Å². The summed E-state index contributed by atoms with van der Waals surface area (Å²) in [5.41, 5.74) is 7.03. The number of benzene rings is 16. The second kappa shape index (κ2) is 47.6. The smallest absolute Gasteiger partial charge is 0.457 e. The van der Waals surface area contributed by atoms with Gasteiger partial charge in [-0.05, 0) is 205 Å². The van der Waals surface area contributed by atoms with Crippen LogP contribution in [0.5, 0.6) is 23.0 Å². The van der Waals surface area contributed by atoms with Gasteiger partial charge in [-0.2, -0.15) is 0 Å². The van der Waals surface area contributed by atoms with Gasteiger partial charge < -0.3 is 18.8 Å². The zero-order valence-electron chi connectivity index (χ0n) is 74.9. The quantitative estimate of drug-likeness (QED) is 0.0614. The Hall–Kier alpha value is -11.7. The first kappa shape index (κ1) is 97.8. The Morgan fingerprint density at radius 2 is 0.462 bits per heavy atom. The fourth-order valence-electron chi connectivity index (χ4n) is 15.8. The van der Waals surface area contributed by atoms with Crippen LogP contribution in [0.2, 0.25) is 0 Å². The molecule has 0 radical (unpaired) electrons. The van der Waals surface area contributed by atoms with Gasteiger partial charge in [-0.1, -0.05) is 460 Å². The van der Waals surface area contributed by atoms with Crippen LogP contribution in [0.3, 0.4) is 0 Å². The zero-order valence-corrected chi connectivity index (χ0v) is 81.6. The molecule has 16 aromatic carbocycles. The van der Waals surface area contributed by atoms with Crippen molar-refractivity contribution >= 4 is 124 Å². The number of rotatable bonds is 14. The van der Waals surface area contributed by atoms with Crippen LogP contribution in [-0.4, -0.2) is 28.3 Å². The largest absolute Gasteiger partial charge is 0.494 e. The molecule has 0 aliphatic carbocycles. The van der Waals surface area contributed by atoms with Crippen LogP contribution >= 0.6 is 47.6 Å². The molecule has 0 bridgehead atoms. The van der Waals surface area contributed by atoms with Crippen LogP contribution in [0.15, 0.2) is 502 Å². The minimum Gasteiger partial charge on any atom is -0.457 e. The Morgan fingerprint density at radius 1 is 0.235 bits per heavy atom. The number of hydrogen-bond acceptors (Lipinski definition) is 6. The Labute approximate surface area is 810 Å². The summed E-state index contributed by atoms with van der Waals surface area (Å²) in [7, 11) is -2.14. The van der Waals surface area contributed by atoms with Crippen LogP contribution in [-0.2, 0) is 40.6 Å². The van der Waals surface area contributed by atoms with Crippen molar-refractivity contribution < 1.29 is 39.2 Å². The van der Waals surface area contributed by atoms with Crippen molar-refractivity contribution in [2.75, 3.05) is 0 Å². The topological polar surface area (TPSA) is 62.7 Å². The van der Waals surface area contributed by atoms with Crippen LogP contribution in [0.1, 0.15) is 85.1 Å². The summed E-state index contributed by atoms with van der Waals surface area (Å²) in [6, 6.07) is 170. The minimum absolute atomic E-state index is 0. The Morgan fingerprint density at radius 3 is 0.705 bits per heavy atom. The van der Waals surface area contributed by atoms with E-state index in [1.807, 2.05) is 79.0 Å². The molecule has 3 aliphatic heterocycles. The van der Waals surface area contributed by atoms with Gasteiger partial charge in [0.15, 0.2) is 0 Å². The molecule has 18 aromatic rings. The number of nitrogens with zero attached hydrogens (tertiary/aromatic N) is 2. The molecule has 1 saturated heterocycles. The van der Waals surface area contributed by atoms with Crippen molar-refractivity contribution in [3.63, 3.8) is 0 Å². The van der Waals surface area contributed by atoms with Gasteiger partial charge in [0.25, 0.3) is 0 Å². The standard InChI is InChI=1S/C21H25BO3.C20H17NO.4C18H15P.C5H4BrN.CH4.Pd/c1-19(2)15-9-7-8-10-17(15)23-18-12-11-14(13-16(18)19)22-24-20(3,4)21(5,6)25-22;1-20(2)15-7-3-4-9-18(15)22-19-11-10-14(13-16(19)20)17-8-5-6-12-21-17;4*1-4-10-16(11-5-1)19(17-12-6-2-7-13-17)18-14-8-3-9-15-18;6-5-3-1-2-4-7-5;;/h7-13H,1-6H3;3-13H,1-2H3;4*1-15H;1-4H;1H4;. The molecule has 1 fully saturated rings. The molecule has 3 aliphatic rings. The molecular formula is C119H110BBrN2O4P4Pd. The summed E-state index contributed by atoms with van der Waals surface area (Å²) in [6.45, 7) is 17.3.